The highest BCUT2D eigenvalue weighted by molar-refractivity contribution is 7.11. The van der Waals surface area contributed by atoms with Crippen molar-refractivity contribution in [3.63, 3.8) is 0 Å². The molecule has 108 valence electrons. The molecule has 1 saturated carbocycles. The predicted molar refractivity (Wildman–Crippen MR) is 82.9 cm³/mol. The van der Waals surface area contributed by atoms with E-state index in [4.69, 9.17) is 4.98 Å². The van der Waals surface area contributed by atoms with Crippen LogP contribution in [0.1, 0.15) is 54.2 Å². The highest BCUT2D eigenvalue weighted by Crippen LogP contribution is 2.31. The van der Waals surface area contributed by atoms with Crippen LogP contribution in [0.2, 0.25) is 0 Å². The van der Waals surface area contributed by atoms with E-state index in [2.05, 4.69) is 45.1 Å². The molecule has 1 aliphatic rings. The standard InChI is InChI=1S/C15H27N3S/c1-10(15-11(2)19-12(3)17-15)18(5)14-8-6-13(16-4)7-9-14/h10,13-14,16H,6-9H2,1-5H3. The average molecular weight is 281 g/mol. The third kappa shape index (κ3) is 3.36. The van der Waals surface area contributed by atoms with E-state index in [1.807, 2.05) is 11.3 Å². The van der Waals surface area contributed by atoms with Gasteiger partial charge in [-0.25, -0.2) is 4.98 Å². The van der Waals surface area contributed by atoms with Gasteiger partial charge in [0.1, 0.15) is 0 Å². The Morgan fingerprint density at radius 1 is 1.26 bits per heavy atom. The maximum absolute atomic E-state index is 4.72. The SMILES string of the molecule is CNC1CCC(N(C)C(C)c2nc(C)sc2C)CC1. The Morgan fingerprint density at radius 2 is 1.89 bits per heavy atom. The molecule has 0 radical (unpaired) electrons. The predicted octanol–water partition coefficient (Wildman–Crippen LogP) is 3.28. The minimum absolute atomic E-state index is 0.432. The van der Waals surface area contributed by atoms with E-state index < -0.39 is 0 Å². The second kappa shape index (κ2) is 6.33. The summed E-state index contributed by atoms with van der Waals surface area (Å²) in [7, 11) is 4.35. The minimum Gasteiger partial charge on any atom is -0.317 e. The van der Waals surface area contributed by atoms with Gasteiger partial charge >= 0.3 is 0 Å². The molecule has 1 aromatic rings. The van der Waals surface area contributed by atoms with Crippen molar-refractivity contribution in [1.82, 2.24) is 15.2 Å². The van der Waals surface area contributed by atoms with Crippen molar-refractivity contribution in [1.29, 1.82) is 0 Å². The van der Waals surface area contributed by atoms with Gasteiger partial charge in [-0.05, 0) is 60.5 Å². The molecular formula is C15H27N3S. The zero-order valence-electron chi connectivity index (χ0n) is 12.9. The Labute approximate surface area is 121 Å². The Kier molecular flexibility index (Phi) is 4.98. The van der Waals surface area contributed by atoms with E-state index in [0.717, 1.165) is 6.04 Å². The summed E-state index contributed by atoms with van der Waals surface area (Å²) in [6, 6.07) is 1.87. The summed E-state index contributed by atoms with van der Waals surface area (Å²) >= 11 is 1.82. The summed E-state index contributed by atoms with van der Waals surface area (Å²) in [5, 5.41) is 4.59. The van der Waals surface area contributed by atoms with Crippen LogP contribution in [-0.2, 0) is 0 Å². The maximum atomic E-state index is 4.72. The van der Waals surface area contributed by atoms with Crippen molar-refractivity contribution in [2.75, 3.05) is 14.1 Å². The lowest BCUT2D eigenvalue weighted by molar-refractivity contribution is 0.134. The number of hydrogen-bond donors (Lipinski definition) is 1. The van der Waals surface area contributed by atoms with Crippen molar-refractivity contribution in [2.24, 2.45) is 0 Å². The molecule has 3 nitrogen and oxygen atoms in total. The third-order valence-corrected chi connectivity index (χ3v) is 5.53. The molecule has 1 fully saturated rings. The highest BCUT2D eigenvalue weighted by atomic mass is 32.1. The fraction of sp³-hybridized carbons (Fsp3) is 0.800. The van der Waals surface area contributed by atoms with Crippen molar-refractivity contribution in [3.05, 3.63) is 15.6 Å². The van der Waals surface area contributed by atoms with Gasteiger partial charge in [0.25, 0.3) is 0 Å². The van der Waals surface area contributed by atoms with Gasteiger partial charge in [0.2, 0.25) is 0 Å². The molecule has 0 bridgehead atoms. The molecule has 0 aromatic carbocycles. The van der Waals surface area contributed by atoms with E-state index in [9.17, 15) is 0 Å². The first-order valence-electron chi connectivity index (χ1n) is 7.36. The van der Waals surface area contributed by atoms with Crippen LogP contribution in [-0.4, -0.2) is 36.1 Å². The van der Waals surface area contributed by atoms with Crippen LogP contribution in [0.25, 0.3) is 0 Å². The Balaban J connectivity index is 1.99. The zero-order valence-corrected chi connectivity index (χ0v) is 13.7. The normalized spacial score (nSPS) is 25.8. The average Bonchev–Trinajstić information content (AvgIpc) is 2.76. The van der Waals surface area contributed by atoms with Crippen LogP contribution in [0, 0.1) is 13.8 Å². The lowest BCUT2D eigenvalue weighted by atomic mass is 9.89. The van der Waals surface area contributed by atoms with Crippen LogP contribution in [0.15, 0.2) is 0 Å². The molecule has 4 heteroatoms. The zero-order chi connectivity index (χ0) is 14.0. The fourth-order valence-electron chi connectivity index (χ4n) is 3.21. The molecule has 1 unspecified atom stereocenters. The summed E-state index contributed by atoms with van der Waals surface area (Å²) in [6.45, 7) is 6.60. The molecular weight excluding hydrogens is 254 g/mol. The quantitative estimate of drug-likeness (QED) is 0.918. The second-order valence-corrected chi connectivity index (χ2v) is 7.22. The number of nitrogens with one attached hydrogen (secondary N) is 1. The van der Waals surface area contributed by atoms with Crippen LogP contribution in [0.5, 0.6) is 0 Å². The van der Waals surface area contributed by atoms with Crippen LogP contribution < -0.4 is 5.32 Å². The minimum atomic E-state index is 0.432. The number of thiazole rings is 1. The van der Waals surface area contributed by atoms with Crippen LogP contribution in [0.4, 0.5) is 0 Å². The van der Waals surface area contributed by atoms with Crippen LogP contribution >= 0.6 is 11.3 Å². The van der Waals surface area contributed by atoms with Gasteiger partial charge in [0, 0.05) is 17.0 Å². The summed E-state index contributed by atoms with van der Waals surface area (Å²) in [5.41, 5.74) is 1.28. The molecule has 1 N–H and O–H groups in total. The highest BCUT2D eigenvalue weighted by Gasteiger charge is 2.27. The topological polar surface area (TPSA) is 28.2 Å². The van der Waals surface area contributed by atoms with Crippen LogP contribution in [0.3, 0.4) is 0 Å². The number of aromatic nitrogens is 1. The summed E-state index contributed by atoms with van der Waals surface area (Å²) in [4.78, 5) is 8.63. The Bertz CT molecular complexity index is 408. The molecule has 1 heterocycles. The van der Waals surface area contributed by atoms with Gasteiger partial charge in [0.15, 0.2) is 0 Å². The molecule has 0 amide bonds. The first-order chi connectivity index (χ1) is 9.02. The summed E-state index contributed by atoms with van der Waals surface area (Å²) in [6.07, 6.45) is 5.20. The monoisotopic (exact) mass is 281 g/mol. The van der Waals surface area contributed by atoms with E-state index in [0.29, 0.717) is 12.1 Å². The Hall–Kier alpha value is -0.450. The first kappa shape index (κ1) is 14.9. The number of rotatable bonds is 4. The van der Waals surface area contributed by atoms with Gasteiger partial charge in [-0.3, -0.25) is 4.90 Å². The van der Waals surface area contributed by atoms with Gasteiger partial charge in [-0.15, -0.1) is 11.3 Å². The number of nitrogens with zero attached hydrogens (tertiary/aromatic N) is 2. The van der Waals surface area contributed by atoms with E-state index in [1.54, 1.807) is 0 Å². The lowest BCUT2D eigenvalue weighted by Gasteiger charge is -2.37. The van der Waals surface area contributed by atoms with E-state index in [1.165, 1.54) is 41.3 Å². The molecule has 0 aliphatic heterocycles. The summed E-state index contributed by atoms with van der Waals surface area (Å²) in [5.74, 6) is 0. The van der Waals surface area contributed by atoms with Gasteiger partial charge in [0.05, 0.1) is 16.7 Å². The second-order valence-electron chi connectivity index (χ2n) is 5.81. The smallest absolute Gasteiger partial charge is 0.0900 e. The third-order valence-electron chi connectivity index (χ3n) is 4.63. The molecule has 1 aliphatic carbocycles. The van der Waals surface area contributed by atoms with Gasteiger partial charge in [-0.2, -0.15) is 0 Å². The van der Waals surface area contributed by atoms with Crippen molar-refractivity contribution < 1.29 is 0 Å². The van der Waals surface area contributed by atoms with E-state index in [-0.39, 0.29) is 0 Å². The van der Waals surface area contributed by atoms with Crippen molar-refractivity contribution in [3.8, 4) is 0 Å². The van der Waals surface area contributed by atoms with Gasteiger partial charge < -0.3 is 5.32 Å². The molecule has 0 saturated heterocycles. The lowest BCUT2D eigenvalue weighted by Crippen LogP contribution is -2.41. The number of hydrogen-bond acceptors (Lipinski definition) is 4. The van der Waals surface area contributed by atoms with Gasteiger partial charge in [-0.1, -0.05) is 0 Å². The van der Waals surface area contributed by atoms with E-state index >= 15 is 0 Å². The molecule has 0 spiro atoms. The summed E-state index contributed by atoms with van der Waals surface area (Å²) < 4.78 is 0. The maximum Gasteiger partial charge on any atom is 0.0900 e. The largest absolute Gasteiger partial charge is 0.317 e. The number of aryl methyl sites for hydroxylation is 2. The van der Waals surface area contributed by atoms with Crippen molar-refractivity contribution >= 4 is 11.3 Å². The fourth-order valence-corrected chi connectivity index (χ4v) is 4.12. The molecule has 1 aromatic heterocycles. The molecule has 19 heavy (non-hydrogen) atoms. The Morgan fingerprint density at radius 3 is 2.37 bits per heavy atom. The molecule has 1 atom stereocenters. The first-order valence-corrected chi connectivity index (χ1v) is 8.17. The molecule has 2 rings (SSSR count). The van der Waals surface area contributed by atoms with Crippen molar-refractivity contribution in [2.45, 2.75) is 64.6 Å².